The van der Waals surface area contributed by atoms with Crippen LogP contribution in [0, 0.1) is 0 Å². The van der Waals surface area contributed by atoms with Crippen LogP contribution in [0.3, 0.4) is 0 Å². The van der Waals surface area contributed by atoms with Gasteiger partial charge in [-0.15, -0.1) is 0 Å². The zero-order chi connectivity index (χ0) is 20.2. The molecule has 0 fully saturated rings. The molecule has 0 saturated carbocycles. The Morgan fingerprint density at radius 2 is 1.68 bits per heavy atom. The molecule has 0 aliphatic carbocycles. The van der Waals surface area contributed by atoms with Gasteiger partial charge in [0.05, 0.1) is 13.0 Å². The minimum Gasteiger partial charge on any atom is -0.484 e. The molecule has 1 amide bonds. The van der Waals surface area contributed by atoms with Gasteiger partial charge in [0.1, 0.15) is 5.75 Å². The van der Waals surface area contributed by atoms with E-state index >= 15 is 0 Å². The van der Waals surface area contributed by atoms with Crippen LogP contribution in [0.2, 0.25) is 0 Å². The lowest BCUT2D eigenvalue weighted by atomic mass is 10.1. The fourth-order valence-corrected chi connectivity index (χ4v) is 2.82. The number of carbonyl (C=O) groups excluding carboxylic acids is 2. The molecule has 150 valence electrons. The lowest BCUT2D eigenvalue weighted by Crippen LogP contribution is -2.38. The summed E-state index contributed by atoms with van der Waals surface area (Å²) in [5, 5.41) is 0. The Bertz CT molecular complexity index is 745. The van der Waals surface area contributed by atoms with Gasteiger partial charge in [0.2, 0.25) is 0 Å². The quantitative estimate of drug-likeness (QED) is 0.556. The van der Waals surface area contributed by atoms with E-state index in [0.717, 1.165) is 24.0 Å². The van der Waals surface area contributed by atoms with E-state index < -0.39 is 0 Å². The number of hydrogen-bond acceptors (Lipinski definition) is 4. The molecule has 0 N–H and O–H groups in total. The van der Waals surface area contributed by atoms with Gasteiger partial charge in [-0.3, -0.25) is 9.59 Å². The number of nitrogens with zero attached hydrogens (tertiary/aromatic N) is 1. The van der Waals surface area contributed by atoms with Crippen LogP contribution in [-0.2, 0) is 27.2 Å². The highest BCUT2D eigenvalue weighted by atomic mass is 16.5. The average molecular weight is 383 g/mol. The highest BCUT2D eigenvalue weighted by Crippen LogP contribution is 2.14. The van der Waals surface area contributed by atoms with Crippen molar-refractivity contribution in [1.82, 2.24) is 4.90 Å². The molecule has 2 aromatic rings. The number of ether oxygens (including phenoxy) is 2. The first-order valence-electron chi connectivity index (χ1n) is 9.81. The Hall–Kier alpha value is -2.82. The Labute approximate surface area is 167 Å². The van der Waals surface area contributed by atoms with Gasteiger partial charge in [0, 0.05) is 13.1 Å². The van der Waals surface area contributed by atoms with Crippen LogP contribution in [0.25, 0.3) is 0 Å². The largest absolute Gasteiger partial charge is 0.484 e. The number of carbonyl (C=O) groups is 2. The number of rotatable bonds is 11. The summed E-state index contributed by atoms with van der Waals surface area (Å²) in [7, 11) is 0. The maximum absolute atomic E-state index is 12.7. The summed E-state index contributed by atoms with van der Waals surface area (Å²) in [5.74, 6) is 0.250. The third-order valence-electron chi connectivity index (χ3n) is 4.43. The van der Waals surface area contributed by atoms with Gasteiger partial charge >= 0.3 is 5.97 Å². The molecule has 0 aromatic heterocycles. The van der Waals surface area contributed by atoms with E-state index in [2.05, 4.69) is 6.92 Å². The van der Waals surface area contributed by atoms with Gasteiger partial charge < -0.3 is 14.4 Å². The first kappa shape index (κ1) is 21.5. The first-order chi connectivity index (χ1) is 13.6. The van der Waals surface area contributed by atoms with Gasteiger partial charge in [-0.05, 0) is 43.0 Å². The molecule has 28 heavy (non-hydrogen) atoms. The highest BCUT2D eigenvalue weighted by Gasteiger charge is 2.16. The molecule has 0 aliphatic rings. The van der Waals surface area contributed by atoms with Crippen molar-refractivity contribution in [3.05, 3.63) is 65.7 Å². The summed E-state index contributed by atoms with van der Waals surface area (Å²) >= 11 is 0. The van der Waals surface area contributed by atoms with Crippen molar-refractivity contribution in [3.8, 4) is 5.75 Å². The third-order valence-corrected chi connectivity index (χ3v) is 4.43. The molecule has 2 aromatic carbocycles. The maximum Gasteiger partial charge on any atom is 0.307 e. The molecule has 0 bridgehead atoms. The highest BCUT2D eigenvalue weighted by molar-refractivity contribution is 5.78. The van der Waals surface area contributed by atoms with Crippen LogP contribution in [-0.4, -0.2) is 43.1 Å². The summed E-state index contributed by atoms with van der Waals surface area (Å²) in [4.78, 5) is 26.1. The van der Waals surface area contributed by atoms with E-state index in [0.29, 0.717) is 25.4 Å². The molecule has 0 heterocycles. The van der Waals surface area contributed by atoms with Crippen LogP contribution in [0.4, 0.5) is 0 Å². The standard InChI is InChI=1S/C23H29NO4/c1-3-19-11-8-12-21(17-19)28-18-22(25)24(16-14-23(26)27-4-2)15-13-20-9-6-5-7-10-20/h5-12,17H,3-4,13-16,18H2,1-2H3. The van der Waals surface area contributed by atoms with E-state index in [1.807, 2.05) is 54.6 Å². The number of benzene rings is 2. The fraction of sp³-hybridized carbons (Fsp3) is 0.391. The summed E-state index contributed by atoms with van der Waals surface area (Å²) in [5.41, 5.74) is 2.31. The topological polar surface area (TPSA) is 55.8 Å². The molecule has 0 saturated heterocycles. The summed E-state index contributed by atoms with van der Waals surface area (Å²) in [6.45, 7) is 4.99. The molecule has 0 unspecified atom stereocenters. The van der Waals surface area contributed by atoms with Crippen molar-refractivity contribution in [2.75, 3.05) is 26.3 Å². The molecule has 0 radical (unpaired) electrons. The number of amides is 1. The zero-order valence-electron chi connectivity index (χ0n) is 16.7. The summed E-state index contributed by atoms with van der Waals surface area (Å²) in [6, 6.07) is 17.7. The average Bonchev–Trinajstić information content (AvgIpc) is 2.73. The van der Waals surface area contributed by atoms with E-state index in [9.17, 15) is 9.59 Å². The molecular weight excluding hydrogens is 354 g/mol. The van der Waals surface area contributed by atoms with Crippen molar-refractivity contribution in [3.63, 3.8) is 0 Å². The van der Waals surface area contributed by atoms with Gasteiger partial charge in [0.25, 0.3) is 5.91 Å². The predicted octanol–water partition coefficient (Wildman–Crippen LogP) is 3.65. The fourth-order valence-electron chi connectivity index (χ4n) is 2.82. The van der Waals surface area contributed by atoms with Crippen molar-refractivity contribution >= 4 is 11.9 Å². The smallest absolute Gasteiger partial charge is 0.307 e. The van der Waals surface area contributed by atoms with Crippen LogP contribution in [0.1, 0.15) is 31.4 Å². The van der Waals surface area contributed by atoms with Crippen molar-refractivity contribution in [1.29, 1.82) is 0 Å². The summed E-state index contributed by atoms with van der Waals surface area (Å²) < 4.78 is 10.7. The molecule has 0 atom stereocenters. The number of aryl methyl sites for hydroxylation is 1. The Morgan fingerprint density at radius 3 is 2.39 bits per heavy atom. The SMILES string of the molecule is CCOC(=O)CCN(CCc1ccccc1)C(=O)COc1cccc(CC)c1. The lowest BCUT2D eigenvalue weighted by molar-refractivity contribution is -0.144. The summed E-state index contributed by atoms with van der Waals surface area (Å²) in [6.07, 6.45) is 1.81. The molecule has 5 nitrogen and oxygen atoms in total. The van der Waals surface area contributed by atoms with E-state index in [1.54, 1.807) is 11.8 Å². The van der Waals surface area contributed by atoms with Gasteiger partial charge in [-0.2, -0.15) is 0 Å². The van der Waals surface area contributed by atoms with Crippen LogP contribution in [0.15, 0.2) is 54.6 Å². The monoisotopic (exact) mass is 383 g/mol. The minimum atomic E-state index is -0.295. The van der Waals surface area contributed by atoms with Gasteiger partial charge in [0.15, 0.2) is 6.61 Å². The predicted molar refractivity (Wildman–Crippen MR) is 109 cm³/mol. The number of hydrogen-bond donors (Lipinski definition) is 0. The van der Waals surface area contributed by atoms with Crippen molar-refractivity contribution in [2.24, 2.45) is 0 Å². The van der Waals surface area contributed by atoms with Crippen LogP contribution < -0.4 is 4.74 Å². The first-order valence-corrected chi connectivity index (χ1v) is 9.81. The second-order valence-electron chi connectivity index (χ2n) is 6.46. The normalized spacial score (nSPS) is 10.4. The van der Waals surface area contributed by atoms with Gasteiger partial charge in [-0.1, -0.05) is 49.4 Å². The second kappa shape index (κ2) is 11.8. The zero-order valence-corrected chi connectivity index (χ0v) is 16.7. The second-order valence-corrected chi connectivity index (χ2v) is 6.46. The molecule has 0 aliphatic heterocycles. The molecule has 5 heteroatoms. The van der Waals surface area contributed by atoms with Crippen LogP contribution in [0.5, 0.6) is 5.75 Å². The minimum absolute atomic E-state index is 0.0508. The Kier molecular flexibility index (Phi) is 9.05. The van der Waals surface area contributed by atoms with E-state index in [-0.39, 0.29) is 24.9 Å². The lowest BCUT2D eigenvalue weighted by Gasteiger charge is -2.22. The van der Waals surface area contributed by atoms with Crippen LogP contribution >= 0.6 is 0 Å². The Balaban J connectivity index is 1.94. The van der Waals surface area contributed by atoms with E-state index in [1.165, 1.54) is 0 Å². The molecular formula is C23H29NO4. The Morgan fingerprint density at radius 1 is 0.929 bits per heavy atom. The van der Waals surface area contributed by atoms with E-state index in [4.69, 9.17) is 9.47 Å². The van der Waals surface area contributed by atoms with Gasteiger partial charge in [-0.25, -0.2) is 0 Å². The maximum atomic E-state index is 12.7. The number of esters is 1. The molecule has 0 spiro atoms. The molecule has 2 rings (SSSR count). The van der Waals surface area contributed by atoms with Crippen molar-refractivity contribution < 1.29 is 19.1 Å². The third kappa shape index (κ3) is 7.43. The van der Waals surface area contributed by atoms with Crippen molar-refractivity contribution in [2.45, 2.75) is 33.1 Å².